The van der Waals surface area contributed by atoms with Gasteiger partial charge in [0.1, 0.15) is 5.41 Å². The fraction of sp³-hybridized carbons (Fsp3) is 0.524. The molecule has 0 spiro atoms. The monoisotopic (exact) mass is 340 g/mol. The van der Waals surface area contributed by atoms with Gasteiger partial charge in [0, 0.05) is 13.1 Å². The second kappa shape index (κ2) is 7.85. The van der Waals surface area contributed by atoms with Gasteiger partial charge in [-0.25, -0.2) is 0 Å². The van der Waals surface area contributed by atoms with Gasteiger partial charge in [-0.2, -0.15) is 0 Å². The molecule has 134 valence electrons. The summed E-state index contributed by atoms with van der Waals surface area (Å²) in [6.45, 7) is 3.15. The molecule has 4 nitrogen and oxygen atoms in total. The van der Waals surface area contributed by atoms with Crippen LogP contribution in [-0.4, -0.2) is 18.4 Å². The average Bonchev–Trinajstić information content (AvgIpc) is 3.44. The van der Waals surface area contributed by atoms with Crippen LogP contribution >= 0.6 is 0 Å². The molecule has 0 unspecified atom stereocenters. The lowest BCUT2D eigenvalue weighted by Gasteiger charge is -2.17. The summed E-state index contributed by atoms with van der Waals surface area (Å²) in [4.78, 5) is 25.0. The Hall–Kier alpha value is -2.10. The summed E-state index contributed by atoms with van der Waals surface area (Å²) in [7, 11) is 0. The number of rotatable bonds is 7. The molecule has 1 aromatic rings. The molecular formula is C21H28N2O2. The molecular weight excluding hydrogens is 312 g/mol. The van der Waals surface area contributed by atoms with E-state index in [1.807, 2.05) is 31.2 Å². The van der Waals surface area contributed by atoms with E-state index in [1.165, 1.54) is 24.0 Å². The predicted octanol–water partition coefficient (Wildman–Crippen LogP) is 3.40. The van der Waals surface area contributed by atoms with Crippen molar-refractivity contribution in [1.82, 2.24) is 10.6 Å². The first-order valence-electron chi connectivity index (χ1n) is 9.40. The second-order valence-corrected chi connectivity index (χ2v) is 7.36. The van der Waals surface area contributed by atoms with Gasteiger partial charge >= 0.3 is 0 Å². The zero-order chi connectivity index (χ0) is 17.7. The molecule has 1 fully saturated rings. The highest BCUT2D eigenvalue weighted by Gasteiger charge is 2.56. The van der Waals surface area contributed by atoms with Gasteiger partial charge in [-0.1, -0.05) is 41.5 Å². The van der Waals surface area contributed by atoms with Crippen molar-refractivity contribution in [3.8, 4) is 0 Å². The van der Waals surface area contributed by atoms with Crippen LogP contribution < -0.4 is 10.6 Å². The van der Waals surface area contributed by atoms with Crippen molar-refractivity contribution in [2.45, 2.75) is 58.4 Å². The maximum Gasteiger partial charge on any atom is 0.235 e. The maximum atomic E-state index is 12.5. The van der Waals surface area contributed by atoms with Gasteiger partial charge in [0.25, 0.3) is 0 Å². The minimum Gasteiger partial charge on any atom is -0.355 e. The SMILES string of the molecule is Cc1ccc(CNC(=O)C2(C(=O)NCCC3=CCCCC3)CC2)cc1. The smallest absolute Gasteiger partial charge is 0.235 e. The van der Waals surface area contributed by atoms with Gasteiger partial charge in [0.2, 0.25) is 11.8 Å². The summed E-state index contributed by atoms with van der Waals surface area (Å²) in [6.07, 6.45) is 9.37. The molecule has 2 N–H and O–H groups in total. The molecule has 0 aromatic heterocycles. The molecule has 1 aromatic carbocycles. The summed E-state index contributed by atoms with van der Waals surface area (Å²) in [5.41, 5.74) is 2.87. The number of amides is 2. The maximum absolute atomic E-state index is 12.5. The molecule has 0 atom stereocenters. The van der Waals surface area contributed by atoms with Crippen LogP contribution in [0.25, 0.3) is 0 Å². The third-order valence-corrected chi connectivity index (χ3v) is 5.31. The highest BCUT2D eigenvalue weighted by atomic mass is 16.2. The Kier molecular flexibility index (Phi) is 5.57. The van der Waals surface area contributed by atoms with Gasteiger partial charge in [-0.15, -0.1) is 0 Å². The van der Waals surface area contributed by atoms with E-state index in [-0.39, 0.29) is 11.8 Å². The van der Waals surface area contributed by atoms with Crippen LogP contribution in [-0.2, 0) is 16.1 Å². The van der Waals surface area contributed by atoms with Crippen molar-refractivity contribution in [3.05, 3.63) is 47.0 Å². The number of hydrogen-bond acceptors (Lipinski definition) is 2. The van der Waals surface area contributed by atoms with E-state index in [9.17, 15) is 9.59 Å². The normalized spacial score (nSPS) is 18.2. The van der Waals surface area contributed by atoms with E-state index in [4.69, 9.17) is 0 Å². The minimum absolute atomic E-state index is 0.106. The van der Waals surface area contributed by atoms with Crippen LogP contribution in [0.1, 0.15) is 56.1 Å². The molecule has 25 heavy (non-hydrogen) atoms. The van der Waals surface area contributed by atoms with E-state index in [0.717, 1.165) is 24.8 Å². The zero-order valence-electron chi connectivity index (χ0n) is 15.1. The van der Waals surface area contributed by atoms with Crippen LogP contribution in [0.5, 0.6) is 0 Å². The lowest BCUT2D eigenvalue weighted by molar-refractivity contribution is -0.137. The third-order valence-electron chi connectivity index (χ3n) is 5.31. The van der Waals surface area contributed by atoms with Crippen molar-refractivity contribution in [1.29, 1.82) is 0 Å². The van der Waals surface area contributed by atoms with E-state index in [2.05, 4.69) is 16.7 Å². The Morgan fingerprint density at radius 1 is 1.04 bits per heavy atom. The van der Waals surface area contributed by atoms with Gasteiger partial charge < -0.3 is 10.6 Å². The first-order valence-corrected chi connectivity index (χ1v) is 9.40. The topological polar surface area (TPSA) is 58.2 Å². The summed E-state index contributed by atoms with van der Waals surface area (Å²) in [6, 6.07) is 8.07. The van der Waals surface area contributed by atoms with Crippen molar-refractivity contribution >= 4 is 11.8 Å². The summed E-state index contributed by atoms with van der Waals surface area (Å²) in [5.74, 6) is -0.243. The first-order chi connectivity index (χ1) is 12.1. The Morgan fingerprint density at radius 3 is 2.40 bits per heavy atom. The molecule has 0 bridgehead atoms. The van der Waals surface area contributed by atoms with Crippen molar-refractivity contribution in [2.24, 2.45) is 5.41 Å². The number of benzene rings is 1. The second-order valence-electron chi connectivity index (χ2n) is 7.36. The Balaban J connectivity index is 1.45. The van der Waals surface area contributed by atoms with E-state index in [0.29, 0.717) is 25.9 Å². The molecule has 2 aliphatic rings. The number of nitrogens with one attached hydrogen (secondary N) is 2. The standard InChI is InChI=1S/C21H28N2O2/c1-16-7-9-18(10-8-16)15-23-20(25)21(12-13-21)19(24)22-14-11-17-5-3-2-4-6-17/h5,7-10H,2-4,6,11-15H2,1H3,(H,22,24)(H,23,25). The Morgan fingerprint density at radius 2 is 1.76 bits per heavy atom. The van der Waals surface area contributed by atoms with Gasteiger partial charge in [0.15, 0.2) is 0 Å². The van der Waals surface area contributed by atoms with Crippen LogP contribution in [0.15, 0.2) is 35.9 Å². The van der Waals surface area contributed by atoms with Crippen molar-refractivity contribution in [3.63, 3.8) is 0 Å². The largest absolute Gasteiger partial charge is 0.355 e. The van der Waals surface area contributed by atoms with E-state index >= 15 is 0 Å². The summed E-state index contributed by atoms with van der Waals surface area (Å²) >= 11 is 0. The number of hydrogen-bond donors (Lipinski definition) is 2. The summed E-state index contributed by atoms with van der Waals surface area (Å²) < 4.78 is 0. The molecule has 3 rings (SSSR count). The van der Waals surface area contributed by atoms with Crippen LogP contribution in [0.4, 0.5) is 0 Å². The zero-order valence-corrected chi connectivity index (χ0v) is 15.1. The molecule has 0 aliphatic heterocycles. The molecule has 4 heteroatoms. The predicted molar refractivity (Wildman–Crippen MR) is 98.9 cm³/mol. The highest BCUT2D eigenvalue weighted by molar-refractivity contribution is 6.07. The number of carbonyl (C=O) groups excluding carboxylic acids is 2. The fourth-order valence-electron chi connectivity index (χ4n) is 3.38. The number of allylic oxidation sites excluding steroid dienone is 1. The minimum atomic E-state index is -0.828. The van der Waals surface area contributed by atoms with Crippen LogP contribution in [0.3, 0.4) is 0 Å². The van der Waals surface area contributed by atoms with Gasteiger partial charge in [-0.05, 0) is 57.4 Å². The Bertz CT molecular complexity index is 657. The average molecular weight is 340 g/mol. The number of aryl methyl sites for hydroxylation is 1. The Labute approximate surface area is 150 Å². The van der Waals surface area contributed by atoms with Crippen molar-refractivity contribution in [2.75, 3.05) is 6.54 Å². The first kappa shape index (κ1) is 17.7. The summed E-state index contributed by atoms with van der Waals surface area (Å²) in [5, 5.41) is 5.91. The number of carbonyl (C=O) groups is 2. The molecule has 2 amide bonds. The van der Waals surface area contributed by atoms with Crippen LogP contribution in [0, 0.1) is 12.3 Å². The third kappa shape index (κ3) is 4.50. The quantitative estimate of drug-likeness (QED) is 0.590. The lowest BCUT2D eigenvalue weighted by atomic mass is 9.97. The molecule has 2 aliphatic carbocycles. The molecule has 0 radical (unpaired) electrons. The fourth-order valence-corrected chi connectivity index (χ4v) is 3.38. The lowest BCUT2D eigenvalue weighted by Crippen LogP contribution is -2.43. The van der Waals surface area contributed by atoms with E-state index in [1.54, 1.807) is 0 Å². The molecule has 0 saturated heterocycles. The molecule has 0 heterocycles. The van der Waals surface area contributed by atoms with Gasteiger partial charge in [-0.3, -0.25) is 9.59 Å². The van der Waals surface area contributed by atoms with Gasteiger partial charge in [0.05, 0.1) is 0 Å². The van der Waals surface area contributed by atoms with E-state index < -0.39 is 5.41 Å². The highest BCUT2D eigenvalue weighted by Crippen LogP contribution is 2.46. The molecule has 1 saturated carbocycles. The van der Waals surface area contributed by atoms with Crippen LogP contribution in [0.2, 0.25) is 0 Å². The van der Waals surface area contributed by atoms with Crippen molar-refractivity contribution < 1.29 is 9.59 Å².